The van der Waals surface area contributed by atoms with Crippen LogP contribution in [-0.4, -0.2) is 13.7 Å². The first-order valence-electron chi connectivity index (χ1n) is 16.9. The Morgan fingerprint density at radius 1 is 0.488 bits per heavy atom. The summed E-state index contributed by atoms with van der Waals surface area (Å²) in [4.78, 5) is 0. The average molecular weight is 593 g/mol. The van der Waals surface area contributed by atoms with Crippen LogP contribution < -0.4 is 10.4 Å². The largest absolute Gasteiger partial charge is 0.141 e. The van der Waals surface area contributed by atoms with Crippen molar-refractivity contribution in [1.29, 1.82) is 0 Å². The smallest absolute Gasteiger partial charge is 0.136 e. The molecule has 3 rings (SSSR count). The fourth-order valence-corrected chi connectivity index (χ4v) is 10.2. The van der Waals surface area contributed by atoms with E-state index >= 15 is 0 Å². The molecule has 0 aliphatic rings. The van der Waals surface area contributed by atoms with Crippen LogP contribution in [0.2, 0.25) is 0 Å². The van der Waals surface area contributed by atoms with Crippen LogP contribution in [0.1, 0.15) is 178 Å². The van der Waals surface area contributed by atoms with Crippen molar-refractivity contribution in [2.24, 2.45) is 5.41 Å². The molecule has 0 aromatic heterocycles. The lowest BCUT2D eigenvalue weighted by Gasteiger charge is -2.29. The van der Waals surface area contributed by atoms with Crippen molar-refractivity contribution in [3.63, 3.8) is 0 Å². The van der Waals surface area contributed by atoms with Crippen molar-refractivity contribution in [3.8, 4) is 0 Å². The van der Waals surface area contributed by atoms with Gasteiger partial charge in [0.1, 0.15) is 8.41 Å². The fraction of sp³-hybridized carbons (Fsp3) is 0.524. The summed E-state index contributed by atoms with van der Waals surface area (Å²) in [6, 6.07) is 21.0. The summed E-state index contributed by atoms with van der Waals surface area (Å²) in [6.07, 6.45) is 0. The third kappa shape index (κ3) is 7.61. The molecule has 0 saturated heterocycles. The molecule has 43 heavy (non-hydrogen) atoms. The van der Waals surface area contributed by atoms with Crippen molar-refractivity contribution >= 4 is 29.7 Å². The summed E-state index contributed by atoms with van der Waals surface area (Å²) in [5.41, 5.74) is 11.9. The fourth-order valence-electron chi connectivity index (χ4n) is 6.98. The number of hydrogen-bond donors (Lipinski definition) is 0. The normalized spacial score (nSPS) is 12.3. The molecule has 0 fully saturated rings. The first-order valence-corrected chi connectivity index (χ1v) is 18.4. The quantitative estimate of drug-likeness (QED) is 0.217. The highest BCUT2D eigenvalue weighted by Crippen LogP contribution is 2.36. The zero-order chi connectivity index (χ0) is 32.4. The molecule has 0 unspecified atom stereocenters. The van der Waals surface area contributed by atoms with E-state index in [4.69, 9.17) is 0 Å². The molecule has 0 amide bonds. The lowest BCUT2D eigenvalue weighted by Crippen LogP contribution is -2.42. The van der Waals surface area contributed by atoms with Gasteiger partial charge in [0.15, 0.2) is 0 Å². The molecule has 3 aromatic rings. The monoisotopic (exact) mass is 592 g/mol. The molecule has 0 radical (unpaired) electrons. The Morgan fingerprint density at radius 2 is 0.860 bits per heavy atom. The summed E-state index contributed by atoms with van der Waals surface area (Å²) < 4.78 is 0. The molecule has 0 saturated carbocycles. The van der Waals surface area contributed by atoms with Gasteiger partial charge in [-0.3, -0.25) is 0 Å². The van der Waals surface area contributed by atoms with Crippen LogP contribution in [0.25, 0.3) is 5.57 Å². The molecule has 0 heterocycles. The minimum Gasteiger partial charge on any atom is -0.141 e. The molecule has 232 valence electrons. The first-order chi connectivity index (χ1) is 20.0. The standard InChI is InChI=1S/C42H60Si/c1-26(2)33-21-23-36(40(30(9)10)38(33)28(5)6)43(25-35(42(13,14)15)32-19-17-16-18-20-32)37-24-22-34(27(3)4)39(29(7)8)41(37)31(11)12/h16-24,26-31H,1-15H3. The van der Waals surface area contributed by atoms with E-state index in [1.54, 1.807) is 22.3 Å². The highest BCUT2D eigenvalue weighted by atomic mass is 28.2. The van der Waals surface area contributed by atoms with E-state index in [0.29, 0.717) is 35.5 Å². The van der Waals surface area contributed by atoms with Gasteiger partial charge in [0.05, 0.1) is 0 Å². The Labute approximate surface area is 267 Å². The molecule has 0 nitrogen and oxygen atoms in total. The highest BCUT2D eigenvalue weighted by Gasteiger charge is 2.28. The first kappa shape index (κ1) is 35.0. The lowest BCUT2D eigenvalue weighted by atomic mass is 9.83. The average Bonchev–Trinajstić information content (AvgIpc) is 2.91. The van der Waals surface area contributed by atoms with Gasteiger partial charge >= 0.3 is 0 Å². The Balaban J connectivity index is 2.75. The van der Waals surface area contributed by atoms with E-state index in [0.717, 1.165) is 0 Å². The van der Waals surface area contributed by atoms with Gasteiger partial charge in [-0.05, 0) is 90.2 Å². The number of benzene rings is 3. The second kappa shape index (κ2) is 14.1. The molecule has 0 spiro atoms. The molecule has 0 aliphatic carbocycles. The van der Waals surface area contributed by atoms with Gasteiger partial charge in [-0.2, -0.15) is 0 Å². The molecular formula is C42H60Si. The van der Waals surface area contributed by atoms with Crippen LogP contribution in [-0.2, 0) is 0 Å². The number of allylic oxidation sites excluding steroid dienone is 1. The van der Waals surface area contributed by atoms with Crippen LogP contribution in [0.5, 0.6) is 0 Å². The van der Waals surface area contributed by atoms with E-state index in [1.165, 1.54) is 32.6 Å². The second-order valence-electron chi connectivity index (χ2n) is 15.5. The van der Waals surface area contributed by atoms with Gasteiger partial charge in [-0.25, -0.2) is 0 Å². The van der Waals surface area contributed by atoms with E-state index in [-0.39, 0.29) is 5.41 Å². The van der Waals surface area contributed by atoms with E-state index in [9.17, 15) is 0 Å². The maximum atomic E-state index is 4.38. The molecule has 0 aliphatic heterocycles. The third-order valence-corrected chi connectivity index (χ3v) is 11.2. The number of hydrogen-bond acceptors (Lipinski definition) is 0. The summed E-state index contributed by atoms with van der Waals surface area (Å²) in [7, 11) is -1.46. The zero-order valence-corrected chi connectivity index (χ0v) is 31.2. The summed E-state index contributed by atoms with van der Waals surface area (Å²) >= 11 is 0. The van der Waals surface area contributed by atoms with Crippen LogP contribution >= 0.6 is 0 Å². The molecule has 3 aromatic carbocycles. The van der Waals surface area contributed by atoms with Crippen LogP contribution in [0, 0.1) is 5.41 Å². The van der Waals surface area contributed by atoms with Gasteiger partial charge in [-0.1, -0.05) is 158 Å². The maximum Gasteiger partial charge on any atom is 0.136 e. The van der Waals surface area contributed by atoms with Crippen LogP contribution in [0.4, 0.5) is 0 Å². The van der Waals surface area contributed by atoms with Crippen molar-refractivity contribution in [1.82, 2.24) is 0 Å². The number of rotatable bonds is 9. The Hall–Kier alpha value is -2.47. The second-order valence-corrected chi connectivity index (χ2v) is 17.6. The maximum absolute atomic E-state index is 4.38. The molecule has 0 N–H and O–H groups in total. The van der Waals surface area contributed by atoms with E-state index in [2.05, 4.69) is 164 Å². The van der Waals surface area contributed by atoms with E-state index < -0.39 is 8.41 Å². The van der Waals surface area contributed by atoms with Crippen molar-refractivity contribution < 1.29 is 0 Å². The predicted octanol–water partition coefficient (Wildman–Crippen LogP) is 11.1. The summed E-state index contributed by atoms with van der Waals surface area (Å²) in [5, 5.41) is 7.44. The van der Waals surface area contributed by atoms with Crippen molar-refractivity contribution in [3.05, 3.63) is 93.5 Å². The van der Waals surface area contributed by atoms with Crippen LogP contribution in [0.3, 0.4) is 0 Å². The molecule has 1 heteroatoms. The van der Waals surface area contributed by atoms with Crippen molar-refractivity contribution in [2.75, 3.05) is 0 Å². The summed E-state index contributed by atoms with van der Waals surface area (Å²) in [5.74, 6) is 2.81. The lowest BCUT2D eigenvalue weighted by molar-refractivity contribution is 0.571. The SMILES string of the molecule is CC(C)c1ccc([Si](=C=C(c2ccccc2)C(C)(C)C)c2ccc(C(C)C)c(C(C)C)c2C(C)C)c(C(C)C)c1C(C)C. The van der Waals surface area contributed by atoms with Gasteiger partial charge in [0, 0.05) is 5.57 Å². The van der Waals surface area contributed by atoms with Gasteiger partial charge < -0.3 is 0 Å². The summed E-state index contributed by atoms with van der Waals surface area (Å²) in [6.45, 7) is 35.7. The predicted molar refractivity (Wildman–Crippen MR) is 197 cm³/mol. The molecular weight excluding hydrogens is 533 g/mol. The third-order valence-electron chi connectivity index (χ3n) is 8.80. The molecule has 0 bridgehead atoms. The van der Waals surface area contributed by atoms with Gasteiger partial charge in [0.2, 0.25) is 0 Å². The minimum absolute atomic E-state index is 0.0369. The van der Waals surface area contributed by atoms with Gasteiger partial charge in [0.25, 0.3) is 0 Å². The Morgan fingerprint density at radius 3 is 1.16 bits per heavy atom. The van der Waals surface area contributed by atoms with E-state index in [1.807, 2.05) is 0 Å². The van der Waals surface area contributed by atoms with Crippen LogP contribution in [0.15, 0.2) is 54.6 Å². The highest BCUT2D eigenvalue weighted by molar-refractivity contribution is 6.89. The molecule has 0 atom stereocenters. The minimum atomic E-state index is -1.46. The van der Waals surface area contributed by atoms with Crippen molar-refractivity contribution in [2.45, 2.75) is 139 Å². The zero-order valence-electron chi connectivity index (χ0n) is 30.2. The van der Waals surface area contributed by atoms with Gasteiger partial charge in [-0.15, -0.1) is 5.33 Å². The topological polar surface area (TPSA) is 0 Å². The Kier molecular flexibility index (Phi) is 11.5. The Bertz CT molecular complexity index is 1390.